The van der Waals surface area contributed by atoms with Crippen LogP contribution in [-0.4, -0.2) is 5.24 Å². The summed E-state index contributed by atoms with van der Waals surface area (Å²) in [7, 11) is 0. The minimum atomic E-state index is -0.562. The van der Waals surface area contributed by atoms with Crippen LogP contribution in [0, 0.1) is 0 Å². The number of halogens is 2. The van der Waals surface area contributed by atoms with E-state index in [2.05, 4.69) is 0 Å². The predicted octanol–water partition coefficient (Wildman–Crippen LogP) is 4.51. The quantitative estimate of drug-likeness (QED) is 0.764. The number of ether oxygens (including phenoxy) is 1. The minimum Gasteiger partial charge on any atom is -0.455 e. The van der Waals surface area contributed by atoms with Gasteiger partial charge in [0, 0.05) is 0 Å². The van der Waals surface area contributed by atoms with Gasteiger partial charge in [-0.05, 0) is 35.9 Å². The van der Waals surface area contributed by atoms with Gasteiger partial charge in [0.2, 0.25) is 0 Å². The fraction of sp³-hybridized carbons (Fsp3) is 0. The zero-order valence-corrected chi connectivity index (χ0v) is 10.2. The molecule has 2 rings (SSSR count). The van der Waals surface area contributed by atoms with Crippen LogP contribution in [0.15, 0.2) is 48.5 Å². The molecule has 2 aromatic carbocycles. The first-order valence-electron chi connectivity index (χ1n) is 4.90. The van der Waals surface area contributed by atoms with E-state index in [0.717, 1.165) is 0 Å². The topological polar surface area (TPSA) is 26.3 Å². The number of hydrogen-bond donors (Lipinski definition) is 0. The van der Waals surface area contributed by atoms with E-state index in [0.29, 0.717) is 22.1 Å². The van der Waals surface area contributed by atoms with Crippen LogP contribution in [0.5, 0.6) is 11.5 Å². The van der Waals surface area contributed by atoms with Crippen LogP contribution in [0.25, 0.3) is 0 Å². The summed E-state index contributed by atoms with van der Waals surface area (Å²) >= 11 is 11.4. The smallest absolute Gasteiger partial charge is 0.256 e. The molecule has 0 spiro atoms. The van der Waals surface area contributed by atoms with E-state index in [9.17, 15) is 4.79 Å². The largest absolute Gasteiger partial charge is 0.455 e. The van der Waals surface area contributed by atoms with Crippen LogP contribution in [0.3, 0.4) is 0 Å². The second kappa shape index (κ2) is 5.21. The first kappa shape index (κ1) is 12.0. The molecule has 2 aromatic rings. The maximum Gasteiger partial charge on any atom is 0.256 e. The standard InChI is InChI=1S/C13H8Cl2O2/c14-10-6-2-4-8-12(10)17-11-7-3-1-5-9(11)13(15)16/h1-8H. The molecule has 0 aliphatic heterocycles. The molecule has 0 saturated carbocycles. The van der Waals surface area contributed by atoms with Crippen molar-refractivity contribution in [3.63, 3.8) is 0 Å². The highest BCUT2D eigenvalue weighted by atomic mass is 35.5. The Morgan fingerprint density at radius 3 is 2.18 bits per heavy atom. The van der Waals surface area contributed by atoms with Crippen molar-refractivity contribution in [2.24, 2.45) is 0 Å². The molecule has 0 aromatic heterocycles. The van der Waals surface area contributed by atoms with E-state index < -0.39 is 5.24 Å². The van der Waals surface area contributed by atoms with Crippen LogP contribution >= 0.6 is 23.2 Å². The van der Waals surface area contributed by atoms with Gasteiger partial charge in [-0.1, -0.05) is 35.9 Å². The Morgan fingerprint density at radius 1 is 0.941 bits per heavy atom. The van der Waals surface area contributed by atoms with E-state index in [1.54, 1.807) is 48.5 Å². The van der Waals surface area contributed by atoms with Crippen LogP contribution in [0.1, 0.15) is 10.4 Å². The van der Waals surface area contributed by atoms with E-state index in [-0.39, 0.29) is 0 Å². The number of hydrogen-bond acceptors (Lipinski definition) is 2. The summed E-state index contributed by atoms with van der Waals surface area (Å²) in [5.74, 6) is 0.875. The Bertz CT molecular complexity index is 553. The Kier molecular flexibility index (Phi) is 3.67. The number of para-hydroxylation sites is 2. The first-order valence-corrected chi connectivity index (χ1v) is 5.65. The van der Waals surface area contributed by atoms with E-state index in [1.807, 2.05) is 0 Å². The molecular weight excluding hydrogens is 259 g/mol. The summed E-state index contributed by atoms with van der Waals surface area (Å²) in [5.41, 5.74) is 0.314. The molecule has 0 aliphatic rings. The highest BCUT2D eigenvalue weighted by Crippen LogP contribution is 2.31. The maximum atomic E-state index is 11.2. The molecule has 4 heteroatoms. The number of benzene rings is 2. The second-order valence-corrected chi connectivity index (χ2v) is 4.05. The Morgan fingerprint density at radius 2 is 1.53 bits per heavy atom. The number of carbonyl (C=O) groups excluding carboxylic acids is 1. The van der Waals surface area contributed by atoms with E-state index in [4.69, 9.17) is 27.9 Å². The fourth-order valence-corrected chi connectivity index (χ4v) is 1.69. The van der Waals surface area contributed by atoms with E-state index in [1.165, 1.54) is 0 Å². The highest BCUT2D eigenvalue weighted by molar-refractivity contribution is 6.68. The molecule has 17 heavy (non-hydrogen) atoms. The molecular formula is C13H8Cl2O2. The van der Waals surface area contributed by atoms with Gasteiger partial charge in [-0.15, -0.1) is 0 Å². The third-order valence-corrected chi connectivity index (χ3v) is 2.67. The summed E-state index contributed by atoms with van der Waals surface area (Å²) in [6.45, 7) is 0. The zero-order valence-electron chi connectivity index (χ0n) is 8.69. The predicted molar refractivity (Wildman–Crippen MR) is 68.2 cm³/mol. The third-order valence-electron chi connectivity index (χ3n) is 2.16. The lowest BCUT2D eigenvalue weighted by Gasteiger charge is -2.09. The minimum absolute atomic E-state index is 0.314. The van der Waals surface area contributed by atoms with Crippen molar-refractivity contribution in [1.29, 1.82) is 0 Å². The van der Waals surface area contributed by atoms with Crippen molar-refractivity contribution < 1.29 is 9.53 Å². The highest BCUT2D eigenvalue weighted by Gasteiger charge is 2.11. The average Bonchev–Trinajstić information content (AvgIpc) is 2.32. The number of rotatable bonds is 3. The van der Waals surface area contributed by atoms with Crippen molar-refractivity contribution in [3.8, 4) is 11.5 Å². The summed E-state index contributed by atoms with van der Waals surface area (Å²) in [6, 6.07) is 13.8. The summed E-state index contributed by atoms with van der Waals surface area (Å²) in [6.07, 6.45) is 0. The van der Waals surface area contributed by atoms with Crippen molar-refractivity contribution in [2.75, 3.05) is 0 Å². The summed E-state index contributed by atoms with van der Waals surface area (Å²) in [5, 5.41) is -0.0861. The second-order valence-electron chi connectivity index (χ2n) is 3.30. The molecule has 0 radical (unpaired) electrons. The maximum absolute atomic E-state index is 11.2. The summed E-state index contributed by atoms with van der Waals surface area (Å²) in [4.78, 5) is 11.2. The van der Waals surface area contributed by atoms with Gasteiger partial charge in [-0.2, -0.15) is 0 Å². The van der Waals surface area contributed by atoms with Crippen LogP contribution in [0.4, 0.5) is 0 Å². The van der Waals surface area contributed by atoms with Gasteiger partial charge < -0.3 is 4.74 Å². The van der Waals surface area contributed by atoms with Gasteiger partial charge in [0.05, 0.1) is 10.6 Å². The van der Waals surface area contributed by atoms with Gasteiger partial charge >= 0.3 is 0 Å². The molecule has 0 fully saturated rings. The molecule has 2 nitrogen and oxygen atoms in total. The van der Waals surface area contributed by atoms with Crippen LogP contribution < -0.4 is 4.74 Å². The van der Waals surface area contributed by atoms with Crippen molar-refractivity contribution >= 4 is 28.4 Å². The van der Waals surface area contributed by atoms with Gasteiger partial charge in [0.25, 0.3) is 5.24 Å². The molecule has 0 heterocycles. The van der Waals surface area contributed by atoms with Crippen molar-refractivity contribution in [3.05, 3.63) is 59.1 Å². The normalized spacial score (nSPS) is 10.0. The van der Waals surface area contributed by atoms with Crippen LogP contribution in [0.2, 0.25) is 5.02 Å². The molecule has 0 saturated heterocycles. The van der Waals surface area contributed by atoms with Gasteiger partial charge in [0.1, 0.15) is 11.5 Å². The van der Waals surface area contributed by atoms with Crippen molar-refractivity contribution in [1.82, 2.24) is 0 Å². The summed E-state index contributed by atoms with van der Waals surface area (Å²) < 4.78 is 5.56. The fourth-order valence-electron chi connectivity index (χ4n) is 1.36. The molecule has 0 atom stereocenters. The van der Waals surface area contributed by atoms with Gasteiger partial charge in [0.15, 0.2) is 0 Å². The van der Waals surface area contributed by atoms with Crippen molar-refractivity contribution in [2.45, 2.75) is 0 Å². The molecule has 0 amide bonds. The third kappa shape index (κ3) is 2.78. The average molecular weight is 267 g/mol. The lowest BCUT2D eigenvalue weighted by Crippen LogP contribution is -1.94. The molecule has 86 valence electrons. The number of carbonyl (C=O) groups is 1. The lowest BCUT2D eigenvalue weighted by atomic mass is 10.2. The first-order chi connectivity index (χ1) is 8.18. The van der Waals surface area contributed by atoms with Gasteiger partial charge in [-0.25, -0.2) is 0 Å². The zero-order chi connectivity index (χ0) is 12.3. The molecule has 0 N–H and O–H groups in total. The van der Waals surface area contributed by atoms with Crippen LogP contribution in [-0.2, 0) is 0 Å². The lowest BCUT2D eigenvalue weighted by molar-refractivity contribution is 0.107. The van der Waals surface area contributed by atoms with Gasteiger partial charge in [-0.3, -0.25) is 4.79 Å². The molecule has 0 unspecified atom stereocenters. The SMILES string of the molecule is O=C(Cl)c1ccccc1Oc1ccccc1Cl. The molecule has 0 aliphatic carbocycles. The monoisotopic (exact) mass is 266 g/mol. The Labute approximate surface area is 109 Å². The molecule has 0 bridgehead atoms. The van der Waals surface area contributed by atoms with E-state index >= 15 is 0 Å². The Balaban J connectivity index is 2.37. The Hall–Kier alpha value is -1.51.